The van der Waals surface area contributed by atoms with Crippen molar-refractivity contribution in [2.24, 2.45) is 5.92 Å². The zero-order chi connectivity index (χ0) is 11.4. The van der Waals surface area contributed by atoms with Crippen LogP contribution in [0.25, 0.3) is 0 Å². The van der Waals surface area contributed by atoms with E-state index in [4.69, 9.17) is 23.2 Å². The molecule has 0 fully saturated rings. The Balaban J connectivity index is 2.76. The van der Waals surface area contributed by atoms with Gasteiger partial charge in [0, 0.05) is 10.0 Å². The van der Waals surface area contributed by atoms with Gasteiger partial charge in [-0.3, -0.25) is 4.79 Å². The van der Waals surface area contributed by atoms with Gasteiger partial charge in [0.15, 0.2) is 0 Å². The molecule has 1 aromatic carbocycles. The van der Waals surface area contributed by atoms with Crippen LogP contribution in [0.15, 0.2) is 18.2 Å². The molecular formula is C11H12Cl2O2. The van der Waals surface area contributed by atoms with E-state index in [0.717, 1.165) is 5.56 Å². The first kappa shape index (κ1) is 12.3. The number of carbonyl (C=O) groups excluding carboxylic acids is 1. The molecule has 0 aliphatic carbocycles. The molecular weight excluding hydrogens is 235 g/mol. The maximum absolute atomic E-state index is 11.2. The number of hydrogen-bond acceptors (Lipinski definition) is 2. The zero-order valence-electron chi connectivity index (χ0n) is 8.59. The maximum atomic E-state index is 11.2. The third kappa shape index (κ3) is 3.40. The van der Waals surface area contributed by atoms with Crippen molar-refractivity contribution < 1.29 is 9.53 Å². The lowest BCUT2D eigenvalue weighted by atomic mass is 10.0. The van der Waals surface area contributed by atoms with Crippen molar-refractivity contribution in [2.75, 3.05) is 7.11 Å². The van der Waals surface area contributed by atoms with Gasteiger partial charge in [-0.25, -0.2) is 0 Å². The molecule has 1 rings (SSSR count). The van der Waals surface area contributed by atoms with E-state index in [0.29, 0.717) is 16.5 Å². The van der Waals surface area contributed by atoms with Crippen LogP contribution in [0.1, 0.15) is 12.5 Å². The van der Waals surface area contributed by atoms with Gasteiger partial charge in [0.05, 0.1) is 13.0 Å². The minimum Gasteiger partial charge on any atom is -0.469 e. The van der Waals surface area contributed by atoms with E-state index in [1.54, 1.807) is 19.1 Å². The monoisotopic (exact) mass is 246 g/mol. The topological polar surface area (TPSA) is 26.3 Å². The molecule has 0 bridgehead atoms. The van der Waals surface area contributed by atoms with Crippen LogP contribution in [0.4, 0.5) is 0 Å². The average molecular weight is 247 g/mol. The van der Waals surface area contributed by atoms with Crippen molar-refractivity contribution in [3.8, 4) is 0 Å². The molecule has 15 heavy (non-hydrogen) atoms. The number of carbonyl (C=O) groups is 1. The molecule has 1 atom stereocenters. The summed E-state index contributed by atoms with van der Waals surface area (Å²) in [6.45, 7) is 1.80. The second kappa shape index (κ2) is 5.38. The summed E-state index contributed by atoms with van der Waals surface area (Å²) in [6, 6.07) is 5.25. The van der Waals surface area contributed by atoms with Gasteiger partial charge >= 0.3 is 5.97 Å². The number of benzene rings is 1. The summed E-state index contributed by atoms with van der Waals surface area (Å²) in [5.41, 5.74) is 0.902. The summed E-state index contributed by atoms with van der Waals surface area (Å²) in [6.07, 6.45) is 0.558. The second-order valence-electron chi connectivity index (χ2n) is 3.36. The minimum atomic E-state index is -0.235. The van der Waals surface area contributed by atoms with Crippen molar-refractivity contribution in [3.05, 3.63) is 33.8 Å². The molecule has 0 heterocycles. The molecule has 0 aliphatic rings. The number of halogens is 2. The lowest BCUT2D eigenvalue weighted by molar-refractivity contribution is -0.144. The van der Waals surface area contributed by atoms with Crippen LogP contribution in [0.3, 0.4) is 0 Å². The zero-order valence-corrected chi connectivity index (χ0v) is 10.1. The summed E-state index contributed by atoms with van der Waals surface area (Å²) in [5, 5.41) is 1.17. The van der Waals surface area contributed by atoms with Crippen LogP contribution in [0.5, 0.6) is 0 Å². The largest absolute Gasteiger partial charge is 0.469 e. The fourth-order valence-corrected chi connectivity index (χ4v) is 1.79. The first-order chi connectivity index (χ1) is 7.04. The number of hydrogen-bond donors (Lipinski definition) is 0. The van der Waals surface area contributed by atoms with Crippen LogP contribution in [-0.2, 0) is 16.0 Å². The van der Waals surface area contributed by atoms with Gasteiger partial charge < -0.3 is 4.74 Å². The standard InChI is InChI=1S/C11H12Cl2O2/c1-7(11(14)15-2)5-8-3-4-9(12)6-10(8)13/h3-4,6-7H,5H2,1-2H3. The van der Waals surface area contributed by atoms with Crippen molar-refractivity contribution in [2.45, 2.75) is 13.3 Å². The Labute approximate surface area is 99.1 Å². The SMILES string of the molecule is COC(=O)C(C)Cc1ccc(Cl)cc1Cl. The Morgan fingerprint density at radius 1 is 1.47 bits per heavy atom. The van der Waals surface area contributed by atoms with Crippen LogP contribution in [0.2, 0.25) is 10.0 Å². The molecule has 1 unspecified atom stereocenters. The number of methoxy groups -OCH3 is 1. The fraction of sp³-hybridized carbons (Fsp3) is 0.364. The Morgan fingerprint density at radius 2 is 2.13 bits per heavy atom. The molecule has 0 radical (unpaired) electrons. The quantitative estimate of drug-likeness (QED) is 0.765. The van der Waals surface area contributed by atoms with Gasteiger partial charge in [-0.2, -0.15) is 0 Å². The molecule has 82 valence electrons. The summed E-state index contributed by atoms with van der Waals surface area (Å²) >= 11 is 11.8. The highest BCUT2D eigenvalue weighted by Crippen LogP contribution is 2.23. The lowest BCUT2D eigenvalue weighted by Gasteiger charge is -2.10. The molecule has 2 nitrogen and oxygen atoms in total. The predicted octanol–water partition coefficient (Wildman–Crippen LogP) is 3.35. The van der Waals surface area contributed by atoms with Crippen molar-refractivity contribution >= 4 is 29.2 Å². The molecule has 0 amide bonds. The maximum Gasteiger partial charge on any atom is 0.308 e. The molecule has 0 saturated heterocycles. The number of rotatable bonds is 3. The predicted molar refractivity (Wildman–Crippen MR) is 61.3 cm³/mol. The van der Waals surface area contributed by atoms with E-state index in [1.165, 1.54) is 7.11 Å². The van der Waals surface area contributed by atoms with Gasteiger partial charge in [-0.15, -0.1) is 0 Å². The van der Waals surface area contributed by atoms with E-state index in [2.05, 4.69) is 4.74 Å². The molecule has 0 spiro atoms. The Bertz CT molecular complexity index is 364. The van der Waals surface area contributed by atoms with Gasteiger partial charge in [0.25, 0.3) is 0 Å². The van der Waals surface area contributed by atoms with E-state index in [1.807, 2.05) is 6.07 Å². The molecule has 0 aliphatic heterocycles. The highest BCUT2D eigenvalue weighted by atomic mass is 35.5. The fourth-order valence-electron chi connectivity index (χ4n) is 1.30. The van der Waals surface area contributed by atoms with E-state index < -0.39 is 0 Å². The number of esters is 1. The van der Waals surface area contributed by atoms with Gasteiger partial charge in [0.1, 0.15) is 0 Å². The molecule has 0 aromatic heterocycles. The Morgan fingerprint density at radius 3 is 2.67 bits per heavy atom. The minimum absolute atomic E-state index is 0.200. The van der Waals surface area contributed by atoms with Gasteiger partial charge in [-0.05, 0) is 24.1 Å². The highest BCUT2D eigenvalue weighted by Gasteiger charge is 2.15. The van der Waals surface area contributed by atoms with Crippen LogP contribution in [0, 0.1) is 5.92 Å². The smallest absolute Gasteiger partial charge is 0.308 e. The molecule has 1 aromatic rings. The van der Waals surface area contributed by atoms with Gasteiger partial charge in [0.2, 0.25) is 0 Å². The number of ether oxygens (including phenoxy) is 1. The summed E-state index contributed by atoms with van der Waals surface area (Å²) in [5.74, 6) is -0.435. The molecule has 0 saturated carbocycles. The first-order valence-electron chi connectivity index (χ1n) is 4.56. The average Bonchev–Trinajstić information content (AvgIpc) is 2.20. The summed E-state index contributed by atoms with van der Waals surface area (Å²) in [4.78, 5) is 11.2. The third-order valence-electron chi connectivity index (χ3n) is 2.14. The van der Waals surface area contributed by atoms with Crippen LogP contribution in [-0.4, -0.2) is 13.1 Å². The van der Waals surface area contributed by atoms with Crippen LogP contribution < -0.4 is 0 Å². The third-order valence-corrected chi connectivity index (χ3v) is 2.73. The van der Waals surface area contributed by atoms with E-state index >= 15 is 0 Å². The van der Waals surface area contributed by atoms with Crippen molar-refractivity contribution in [3.63, 3.8) is 0 Å². The Hall–Kier alpha value is -0.730. The normalized spacial score (nSPS) is 12.3. The van der Waals surface area contributed by atoms with Crippen LogP contribution >= 0.6 is 23.2 Å². The van der Waals surface area contributed by atoms with Crippen molar-refractivity contribution in [1.29, 1.82) is 0 Å². The first-order valence-corrected chi connectivity index (χ1v) is 5.32. The van der Waals surface area contributed by atoms with Crippen molar-refractivity contribution in [1.82, 2.24) is 0 Å². The van der Waals surface area contributed by atoms with E-state index in [-0.39, 0.29) is 11.9 Å². The summed E-state index contributed by atoms with van der Waals surface area (Å²) in [7, 11) is 1.38. The molecule has 0 N–H and O–H groups in total. The lowest BCUT2D eigenvalue weighted by Crippen LogP contribution is -2.15. The molecule has 4 heteroatoms. The van der Waals surface area contributed by atoms with Gasteiger partial charge in [-0.1, -0.05) is 36.2 Å². The summed E-state index contributed by atoms with van der Waals surface area (Å²) < 4.78 is 4.64. The Kier molecular flexibility index (Phi) is 4.43. The van der Waals surface area contributed by atoms with E-state index in [9.17, 15) is 4.79 Å². The second-order valence-corrected chi connectivity index (χ2v) is 4.21. The highest BCUT2D eigenvalue weighted by molar-refractivity contribution is 6.35.